The largest absolute Gasteiger partial charge is 0.392 e. The zero-order chi connectivity index (χ0) is 16.7. The number of nitrogens with zero attached hydrogens (tertiary/aromatic N) is 1. The van der Waals surface area contributed by atoms with Gasteiger partial charge in [-0.05, 0) is 45.4 Å². The fourth-order valence-electron chi connectivity index (χ4n) is 2.11. The Morgan fingerprint density at radius 3 is 2.41 bits per heavy atom. The van der Waals surface area contributed by atoms with E-state index < -0.39 is 6.10 Å². The number of amides is 2. The minimum atomic E-state index is -0.595. The number of carbonyl (C=O) groups excluding carboxylic acids is 2. The lowest BCUT2D eigenvalue weighted by Crippen LogP contribution is -2.41. The van der Waals surface area contributed by atoms with Gasteiger partial charge in [0.2, 0.25) is 0 Å². The van der Waals surface area contributed by atoms with Gasteiger partial charge >= 0.3 is 0 Å². The molecule has 1 aromatic carbocycles. The van der Waals surface area contributed by atoms with Crippen LogP contribution in [0.4, 0.5) is 0 Å². The summed E-state index contributed by atoms with van der Waals surface area (Å²) in [4.78, 5) is 26.2. The molecule has 0 saturated carbocycles. The van der Waals surface area contributed by atoms with Gasteiger partial charge in [-0.2, -0.15) is 0 Å². The van der Waals surface area contributed by atoms with Crippen LogP contribution >= 0.6 is 0 Å². The molecule has 0 fully saturated rings. The first-order chi connectivity index (χ1) is 10.4. The molecule has 0 aliphatic carbocycles. The number of carbonyl (C=O) groups is 2. The minimum absolute atomic E-state index is 0.0281. The van der Waals surface area contributed by atoms with Crippen LogP contribution in [0, 0.1) is 0 Å². The summed E-state index contributed by atoms with van der Waals surface area (Å²) in [5, 5.41) is 12.3. The van der Waals surface area contributed by atoms with Crippen molar-refractivity contribution in [3.8, 4) is 0 Å². The number of nitrogens with one attached hydrogen (secondary N) is 1. The predicted molar refractivity (Wildman–Crippen MR) is 86.9 cm³/mol. The van der Waals surface area contributed by atoms with Crippen LogP contribution < -0.4 is 5.32 Å². The molecule has 22 heavy (non-hydrogen) atoms. The second-order valence-electron chi connectivity index (χ2n) is 5.74. The Morgan fingerprint density at radius 2 is 1.86 bits per heavy atom. The molecule has 5 nitrogen and oxygen atoms in total. The molecule has 0 heterocycles. The predicted octanol–water partition coefficient (Wildman–Crippen LogP) is 2.06. The maximum Gasteiger partial charge on any atom is 0.254 e. The van der Waals surface area contributed by atoms with E-state index >= 15 is 0 Å². The van der Waals surface area contributed by atoms with E-state index in [9.17, 15) is 14.7 Å². The molecular weight excluding hydrogens is 280 g/mol. The Balaban J connectivity index is 2.95. The number of hydrogen-bond donors (Lipinski definition) is 2. The summed E-state index contributed by atoms with van der Waals surface area (Å²) in [6.45, 7) is 8.31. The van der Waals surface area contributed by atoms with E-state index in [1.54, 1.807) is 36.1 Å². The quantitative estimate of drug-likeness (QED) is 0.810. The summed E-state index contributed by atoms with van der Waals surface area (Å²) in [6.07, 6.45) is 0.266. The summed E-state index contributed by atoms with van der Waals surface area (Å²) < 4.78 is 0. The molecule has 1 atom stereocenters. The standard InChI is InChI=1S/C17H26N2O3/c1-5-9-18-16(21)14-7-6-8-15(10-14)17(22)19(12(2)3)11-13(4)20/h6-8,10,12-13,20H,5,9,11H2,1-4H3,(H,18,21). The average Bonchev–Trinajstić information content (AvgIpc) is 2.49. The van der Waals surface area contributed by atoms with Crippen LogP contribution in [-0.4, -0.2) is 47.1 Å². The van der Waals surface area contributed by atoms with Crippen LogP contribution in [0.15, 0.2) is 24.3 Å². The van der Waals surface area contributed by atoms with Crippen molar-refractivity contribution >= 4 is 11.8 Å². The van der Waals surface area contributed by atoms with Crippen LogP contribution in [0.1, 0.15) is 54.8 Å². The number of aliphatic hydroxyl groups excluding tert-OH is 1. The van der Waals surface area contributed by atoms with E-state index in [-0.39, 0.29) is 24.4 Å². The van der Waals surface area contributed by atoms with Crippen LogP contribution in [-0.2, 0) is 0 Å². The normalized spacial score (nSPS) is 12.1. The summed E-state index contributed by atoms with van der Waals surface area (Å²) in [5.74, 6) is -0.357. The van der Waals surface area contributed by atoms with Gasteiger partial charge in [-0.15, -0.1) is 0 Å². The van der Waals surface area contributed by atoms with Gasteiger partial charge in [-0.3, -0.25) is 9.59 Å². The number of hydrogen-bond acceptors (Lipinski definition) is 3. The monoisotopic (exact) mass is 306 g/mol. The van der Waals surface area contributed by atoms with E-state index in [1.165, 1.54) is 0 Å². The maximum absolute atomic E-state index is 12.6. The smallest absolute Gasteiger partial charge is 0.254 e. The summed E-state index contributed by atoms with van der Waals surface area (Å²) in [7, 11) is 0. The first-order valence-corrected chi connectivity index (χ1v) is 7.74. The van der Waals surface area contributed by atoms with Crippen molar-refractivity contribution in [2.75, 3.05) is 13.1 Å². The molecule has 1 rings (SSSR count). The molecular formula is C17H26N2O3. The van der Waals surface area contributed by atoms with E-state index in [1.807, 2.05) is 20.8 Å². The lowest BCUT2D eigenvalue weighted by Gasteiger charge is -2.28. The lowest BCUT2D eigenvalue weighted by molar-refractivity contribution is 0.0579. The molecule has 0 aromatic heterocycles. The van der Waals surface area contributed by atoms with Gasteiger partial charge in [0.05, 0.1) is 6.10 Å². The molecule has 122 valence electrons. The lowest BCUT2D eigenvalue weighted by atomic mass is 10.1. The van der Waals surface area contributed by atoms with Crippen molar-refractivity contribution in [3.63, 3.8) is 0 Å². The van der Waals surface area contributed by atoms with Crippen LogP contribution in [0.2, 0.25) is 0 Å². The van der Waals surface area contributed by atoms with E-state index in [0.717, 1.165) is 6.42 Å². The third-order valence-electron chi connectivity index (χ3n) is 3.25. The first kappa shape index (κ1) is 18.2. The van der Waals surface area contributed by atoms with Crippen molar-refractivity contribution in [1.82, 2.24) is 10.2 Å². The van der Waals surface area contributed by atoms with Crippen molar-refractivity contribution in [1.29, 1.82) is 0 Å². The van der Waals surface area contributed by atoms with Gasteiger partial charge in [0.15, 0.2) is 0 Å². The Morgan fingerprint density at radius 1 is 1.23 bits per heavy atom. The van der Waals surface area contributed by atoms with Gasteiger partial charge in [0, 0.05) is 30.3 Å². The number of aliphatic hydroxyl groups is 1. The second kappa shape index (κ2) is 8.54. The maximum atomic E-state index is 12.6. The zero-order valence-electron chi connectivity index (χ0n) is 13.8. The molecule has 0 bridgehead atoms. The molecule has 2 amide bonds. The van der Waals surface area contributed by atoms with Crippen molar-refractivity contribution in [2.45, 2.75) is 46.3 Å². The Hall–Kier alpha value is -1.88. The van der Waals surface area contributed by atoms with E-state index in [0.29, 0.717) is 17.7 Å². The molecule has 1 unspecified atom stereocenters. The third-order valence-corrected chi connectivity index (χ3v) is 3.25. The highest BCUT2D eigenvalue weighted by Crippen LogP contribution is 2.12. The van der Waals surface area contributed by atoms with Crippen LogP contribution in [0.5, 0.6) is 0 Å². The first-order valence-electron chi connectivity index (χ1n) is 7.74. The third kappa shape index (κ3) is 5.15. The van der Waals surface area contributed by atoms with Gasteiger partial charge in [0.1, 0.15) is 0 Å². The van der Waals surface area contributed by atoms with Crippen LogP contribution in [0.25, 0.3) is 0 Å². The Bertz CT molecular complexity index is 512. The Labute approximate surface area is 132 Å². The number of benzene rings is 1. The van der Waals surface area contributed by atoms with Crippen molar-refractivity contribution < 1.29 is 14.7 Å². The van der Waals surface area contributed by atoms with Gasteiger partial charge in [0.25, 0.3) is 11.8 Å². The molecule has 2 N–H and O–H groups in total. The Kier molecular flexibility index (Phi) is 7.05. The highest BCUT2D eigenvalue weighted by atomic mass is 16.3. The average molecular weight is 306 g/mol. The van der Waals surface area contributed by atoms with Gasteiger partial charge in [-0.1, -0.05) is 13.0 Å². The van der Waals surface area contributed by atoms with Crippen LogP contribution in [0.3, 0.4) is 0 Å². The van der Waals surface area contributed by atoms with Crippen molar-refractivity contribution in [2.24, 2.45) is 0 Å². The fraction of sp³-hybridized carbons (Fsp3) is 0.529. The topological polar surface area (TPSA) is 69.6 Å². The zero-order valence-corrected chi connectivity index (χ0v) is 13.8. The second-order valence-corrected chi connectivity index (χ2v) is 5.74. The minimum Gasteiger partial charge on any atom is -0.392 e. The summed E-state index contributed by atoms with van der Waals surface area (Å²) in [5.41, 5.74) is 0.929. The van der Waals surface area contributed by atoms with Gasteiger partial charge < -0.3 is 15.3 Å². The fourth-order valence-corrected chi connectivity index (χ4v) is 2.11. The summed E-state index contributed by atoms with van der Waals surface area (Å²) in [6, 6.07) is 6.66. The summed E-state index contributed by atoms with van der Waals surface area (Å²) >= 11 is 0. The molecule has 0 saturated heterocycles. The number of rotatable bonds is 7. The highest BCUT2D eigenvalue weighted by Gasteiger charge is 2.21. The molecule has 5 heteroatoms. The SMILES string of the molecule is CCCNC(=O)c1cccc(C(=O)N(CC(C)O)C(C)C)c1. The van der Waals surface area contributed by atoms with E-state index in [2.05, 4.69) is 5.32 Å². The van der Waals surface area contributed by atoms with E-state index in [4.69, 9.17) is 0 Å². The van der Waals surface area contributed by atoms with Gasteiger partial charge in [-0.25, -0.2) is 0 Å². The molecule has 0 spiro atoms. The van der Waals surface area contributed by atoms with Crippen molar-refractivity contribution in [3.05, 3.63) is 35.4 Å². The molecule has 0 radical (unpaired) electrons. The highest BCUT2D eigenvalue weighted by molar-refractivity contribution is 5.99. The molecule has 1 aromatic rings. The molecule has 0 aliphatic rings. The molecule has 0 aliphatic heterocycles.